The van der Waals surface area contributed by atoms with E-state index in [1.54, 1.807) is 0 Å². The molecule has 1 aromatic rings. The van der Waals surface area contributed by atoms with E-state index in [1.807, 2.05) is 0 Å². The summed E-state index contributed by atoms with van der Waals surface area (Å²) in [5, 5.41) is 0. The van der Waals surface area contributed by atoms with Crippen LogP contribution in [0.3, 0.4) is 0 Å². The average molecular weight is 335 g/mol. The maximum atomic E-state index is 7.29. The number of benzene rings is 1. The average Bonchev–Trinajstić information content (AvgIpc) is 2.61. The minimum Gasteiger partial charge on any atom is -0.410 e. The molecule has 1 atom stereocenters. The minimum atomic E-state index is -1.61. The predicted molar refractivity (Wildman–Crippen MR) is 102 cm³/mol. The third-order valence-corrected chi connectivity index (χ3v) is 26.7. The summed E-state index contributed by atoms with van der Waals surface area (Å²) in [5.74, 6) is 0. The van der Waals surface area contributed by atoms with Crippen molar-refractivity contribution in [2.24, 2.45) is 0 Å². The largest absolute Gasteiger partial charge is 0.410 e. The fraction of sp³-hybridized carbons (Fsp3) is 0.684. The molecule has 0 aromatic heterocycles. The highest BCUT2D eigenvalue weighted by Gasteiger charge is 2.59. The summed E-state index contributed by atoms with van der Waals surface area (Å²) >= 11 is 0. The van der Waals surface area contributed by atoms with Crippen LogP contribution in [-0.4, -0.2) is 15.4 Å². The second-order valence-electron chi connectivity index (χ2n) is 7.00. The lowest BCUT2D eigenvalue weighted by Gasteiger charge is -2.57. The highest BCUT2D eigenvalue weighted by molar-refractivity contribution is 7.40. The smallest absolute Gasteiger partial charge is 0.180 e. The van der Waals surface area contributed by atoms with Crippen molar-refractivity contribution in [1.29, 1.82) is 0 Å². The van der Waals surface area contributed by atoms with Gasteiger partial charge in [0.05, 0.1) is 13.2 Å². The summed E-state index contributed by atoms with van der Waals surface area (Å²) in [4.78, 5) is 0. The summed E-state index contributed by atoms with van der Waals surface area (Å²) < 4.78 is 7.29. The van der Waals surface area contributed by atoms with Gasteiger partial charge in [-0.15, -0.1) is 0 Å². The Hall–Kier alpha value is -0.386. The van der Waals surface area contributed by atoms with Crippen LogP contribution in [0.25, 0.3) is 0 Å². The van der Waals surface area contributed by atoms with Crippen molar-refractivity contribution in [2.75, 3.05) is 0 Å². The number of hydrogen-bond acceptors (Lipinski definition) is 1. The van der Waals surface area contributed by atoms with Crippen LogP contribution in [0.4, 0.5) is 0 Å². The van der Waals surface area contributed by atoms with Crippen LogP contribution in [0.1, 0.15) is 53.0 Å². The van der Waals surface area contributed by atoms with Crippen LogP contribution < -0.4 is 0 Å². The fourth-order valence-corrected chi connectivity index (χ4v) is 23.8. The lowest BCUT2D eigenvalue weighted by Crippen LogP contribution is -2.69. The first-order chi connectivity index (χ1) is 10.6. The van der Waals surface area contributed by atoms with Crippen molar-refractivity contribution in [2.45, 2.75) is 83.3 Å². The topological polar surface area (TPSA) is 9.23 Å². The van der Waals surface area contributed by atoms with E-state index in [9.17, 15) is 0 Å². The molecular formula is C19H34OSi2. The van der Waals surface area contributed by atoms with Gasteiger partial charge in [-0.1, -0.05) is 83.1 Å². The summed E-state index contributed by atoms with van der Waals surface area (Å²) in [6.45, 7) is 12.1. The molecule has 1 aliphatic heterocycles. The minimum absolute atomic E-state index is 0.000340. The molecule has 1 aliphatic rings. The molecule has 124 valence electrons. The zero-order valence-corrected chi connectivity index (χ0v) is 17.2. The Labute approximate surface area is 139 Å². The molecule has 2 rings (SSSR count). The Bertz CT molecular complexity index is 466. The van der Waals surface area contributed by atoms with Gasteiger partial charge in [-0.3, -0.25) is 0 Å². The molecule has 1 nitrogen and oxygen atoms in total. The SMILES string of the molecule is CCC1(c2ccccc2)CC[Si](CC)(CC)[Si](CC)(CC)O1. The molecule has 0 N–H and O–H groups in total. The van der Waals surface area contributed by atoms with Gasteiger partial charge in [0.25, 0.3) is 0 Å². The molecular weight excluding hydrogens is 300 g/mol. The Kier molecular flexibility index (Phi) is 5.73. The van der Waals surface area contributed by atoms with Crippen LogP contribution in [0, 0.1) is 0 Å². The van der Waals surface area contributed by atoms with Crippen LogP contribution in [0.5, 0.6) is 0 Å². The quantitative estimate of drug-likeness (QED) is 0.557. The van der Waals surface area contributed by atoms with E-state index in [-0.39, 0.29) is 5.60 Å². The van der Waals surface area contributed by atoms with E-state index in [4.69, 9.17) is 4.43 Å². The summed E-state index contributed by atoms with van der Waals surface area (Å²) in [6, 6.07) is 18.0. The van der Waals surface area contributed by atoms with Gasteiger partial charge in [-0.2, -0.15) is 0 Å². The van der Waals surface area contributed by atoms with Gasteiger partial charge in [-0.25, -0.2) is 0 Å². The molecule has 1 unspecified atom stereocenters. The highest BCUT2D eigenvalue weighted by Crippen LogP contribution is 2.51. The van der Waals surface area contributed by atoms with Gasteiger partial charge in [0.1, 0.15) is 0 Å². The molecule has 0 bridgehead atoms. The molecule has 3 heteroatoms. The van der Waals surface area contributed by atoms with Crippen molar-refractivity contribution in [3.63, 3.8) is 0 Å². The standard InChI is InChI=1S/C19H34OSi2/c1-6-19(18-14-12-11-13-15-18)16-17-21(7-2,8-3)22(9-4,10-5)20-19/h11-15H,6-10,16-17H2,1-5H3. The molecule has 0 saturated carbocycles. The van der Waals surface area contributed by atoms with Gasteiger partial charge >= 0.3 is 0 Å². The Morgan fingerprint density at radius 2 is 1.50 bits per heavy atom. The summed E-state index contributed by atoms with van der Waals surface area (Å²) in [6.07, 6.45) is 2.36. The second kappa shape index (κ2) is 7.02. The third-order valence-electron chi connectivity index (χ3n) is 6.73. The molecule has 1 aromatic carbocycles. The van der Waals surface area contributed by atoms with Crippen molar-refractivity contribution in [1.82, 2.24) is 0 Å². The number of rotatable bonds is 6. The van der Waals surface area contributed by atoms with E-state index >= 15 is 0 Å². The molecule has 1 saturated heterocycles. The van der Waals surface area contributed by atoms with E-state index in [2.05, 4.69) is 65.0 Å². The van der Waals surface area contributed by atoms with Crippen molar-refractivity contribution >= 4 is 15.4 Å². The lowest BCUT2D eigenvalue weighted by atomic mass is 9.89. The lowest BCUT2D eigenvalue weighted by molar-refractivity contribution is 0.0421. The summed E-state index contributed by atoms with van der Waals surface area (Å²) in [5.41, 5.74) is 1.42. The maximum Gasteiger partial charge on any atom is 0.180 e. The van der Waals surface area contributed by atoms with Crippen molar-refractivity contribution < 1.29 is 4.43 Å². The number of hydrogen-bond donors (Lipinski definition) is 0. The van der Waals surface area contributed by atoms with Crippen molar-refractivity contribution in [3.05, 3.63) is 35.9 Å². The predicted octanol–water partition coefficient (Wildman–Crippen LogP) is 6.26. The van der Waals surface area contributed by atoms with Crippen LogP contribution >= 0.6 is 0 Å². The van der Waals surface area contributed by atoms with E-state index in [1.165, 1.54) is 42.2 Å². The van der Waals surface area contributed by atoms with Crippen molar-refractivity contribution in [3.8, 4) is 0 Å². The Morgan fingerprint density at radius 3 is 1.95 bits per heavy atom. The van der Waals surface area contributed by atoms with Crippen LogP contribution in [0.2, 0.25) is 30.2 Å². The summed E-state index contributed by atoms with van der Waals surface area (Å²) in [7, 11) is -2.84. The fourth-order valence-electron chi connectivity index (χ4n) is 4.99. The first-order valence-electron chi connectivity index (χ1n) is 9.33. The molecule has 22 heavy (non-hydrogen) atoms. The van der Waals surface area contributed by atoms with Gasteiger partial charge in [0, 0.05) is 0 Å². The molecule has 0 radical (unpaired) electrons. The van der Waals surface area contributed by atoms with E-state index in [0.717, 1.165) is 6.42 Å². The molecule has 0 spiro atoms. The molecule has 1 heterocycles. The zero-order chi connectivity index (χ0) is 16.3. The van der Waals surface area contributed by atoms with Crippen LogP contribution in [-0.2, 0) is 10.0 Å². The second-order valence-corrected chi connectivity index (χ2v) is 21.0. The van der Waals surface area contributed by atoms with E-state index < -0.39 is 15.4 Å². The van der Waals surface area contributed by atoms with E-state index in [0.29, 0.717) is 0 Å². The first kappa shape index (κ1) is 18.0. The third kappa shape index (κ3) is 2.65. The van der Waals surface area contributed by atoms with Gasteiger partial charge in [0.2, 0.25) is 0 Å². The first-order valence-corrected chi connectivity index (χ1v) is 15.3. The Morgan fingerprint density at radius 1 is 0.909 bits per heavy atom. The zero-order valence-electron chi connectivity index (χ0n) is 15.2. The van der Waals surface area contributed by atoms with Crippen LogP contribution in [0.15, 0.2) is 30.3 Å². The normalized spacial score (nSPS) is 26.8. The van der Waals surface area contributed by atoms with Gasteiger partial charge in [-0.05, 0) is 30.5 Å². The molecule has 0 aliphatic carbocycles. The maximum absolute atomic E-state index is 7.29. The van der Waals surface area contributed by atoms with Gasteiger partial charge < -0.3 is 4.43 Å². The highest BCUT2D eigenvalue weighted by atomic mass is 29.3. The molecule has 1 fully saturated rings. The Balaban J connectivity index is 2.48. The van der Waals surface area contributed by atoms with Gasteiger partial charge in [0.15, 0.2) is 7.83 Å². The monoisotopic (exact) mass is 334 g/mol. The molecule has 0 amide bonds.